The average molecular weight is 435 g/mol. The van der Waals surface area contributed by atoms with Gasteiger partial charge in [0.15, 0.2) is 5.13 Å². The van der Waals surface area contributed by atoms with Crippen molar-refractivity contribution < 1.29 is 4.79 Å². The maximum absolute atomic E-state index is 12.9. The summed E-state index contributed by atoms with van der Waals surface area (Å²) >= 11 is 2.77. The molecule has 5 nitrogen and oxygen atoms in total. The number of nitrogens with two attached hydrogens (primary N) is 1. The number of thiophene rings is 1. The molecule has 30 heavy (non-hydrogen) atoms. The summed E-state index contributed by atoms with van der Waals surface area (Å²) in [6.45, 7) is 4.32. The van der Waals surface area contributed by atoms with Crippen molar-refractivity contribution in [2.75, 3.05) is 11.1 Å². The second-order valence-corrected chi connectivity index (χ2v) is 9.85. The van der Waals surface area contributed by atoms with Crippen LogP contribution >= 0.6 is 22.7 Å². The Morgan fingerprint density at radius 2 is 2.03 bits per heavy atom. The van der Waals surface area contributed by atoms with Crippen molar-refractivity contribution in [2.45, 2.75) is 33.1 Å². The number of carbonyl (C=O) groups excluding carboxylic acids is 1. The van der Waals surface area contributed by atoms with E-state index >= 15 is 0 Å². The molecule has 152 valence electrons. The van der Waals surface area contributed by atoms with Gasteiger partial charge in [-0.25, -0.2) is 9.97 Å². The van der Waals surface area contributed by atoms with E-state index < -0.39 is 0 Å². The minimum Gasteiger partial charge on any atom is -0.397 e. The predicted octanol–water partition coefficient (Wildman–Crippen LogP) is 5.69. The number of carbonyl (C=O) groups is 1. The molecule has 5 rings (SSSR count). The van der Waals surface area contributed by atoms with E-state index in [0.717, 1.165) is 46.4 Å². The van der Waals surface area contributed by atoms with Crippen LogP contribution < -0.4 is 11.1 Å². The van der Waals surface area contributed by atoms with Crippen molar-refractivity contribution >= 4 is 49.6 Å². The van der Waals surface area contributed by atoms with E-state index in [2.05, 4.69) is 42.3 Å². The summed E-state index contributed by atoms with van der Waals surface area (Å²) in [6.07, 6.45) is 3.18. The quantitative estimate of drug-likeness (QED) is 0.434. The number of hydrogen-bond acceptors (Lipinski definition) is 6. The fraction of sp³-hybridized carbons (Fsp3) is 0.261. The van der Waals surface area contributed by atoms with Gasteiger partial charge in [-0.3, -0.25) is 10.1 Å². The van der Waals surface area contributed by atoms with Crippen LogP contribution in [0.4, 0.5) is 10.8 Å². The number of nitrogens with zero attached hydrogens (tertiary/aromatic N) is 2. The minimum absolute atomic E-state index is 0.230. The normalized spacial score (nSPS) is 15.9. The Balaban J connectivity index is 1.41. The molecular weight excluding hydrogens is 412 g/mol. The zero-order valence-corrected chi connectivity index (χ0v) is 18.5. The lowest BCUT2D eigenvalue weighted by Gasteiger charge is -2.20. The first-order chi connectivity index (χ1) is 14.5. The standard InChI is InChI=1S/C23H22N4OS2/c1-12-3-6-14(7-4-12)18-11-29-23(26-18)27-21(28)20-19(24)16-10-15-9-13(2)5-8-17(15)25-22(16)30-20/h3-4,6-7,10-11,13H,5,8-9,24H2,1-2H3,(H,26,27,28). The molecule has 3 N–H and O–H groups in total. The third kappa shape index (κ3) is 3.48. The van der Waals surface area contributed by atoms with Gasteiger partial charge < -0.3 is 5.73 Å². The third-order valence-corrected chi connectivity index (χ3v) is 7.48. The van der Waals surface area contributed by atoms with E-state index in [-0.39, 0.29) is 5.91 Å². The summed E-state index contributed by atoms with van der Waals surface area (Å²) in [5.41, 5.74) is 12.4. The lowest BCUT2D eigenvalue weighted by molar-refractivity contribution is 0.103. The molecule has 1 aromatic carbocycles. The van der Waals surface area contributed by atoms with Gasteiger partial charge in [0.25, 0.3) is 5.91 Å². The number of rotatable bonds is 3. The highest BCUT2D eigenvalue weighted by atomic mass is 32.1. The summed E-state index contributed by atoms with van der Waals surface area (Å²) < 4.78 is 0. The molecule has 0 saturated heterocycles. The second-order valence-electron chi connectivity index (χ2n) is 8.00. The maximum atomic E-state index is 12.9. The number of aryl methyl sites for hydroxylation is 2. The summed E-state index contributed by atoms with van der Waals surface area (Å²) in [5, 5.41) is 6.31. The highest BCUT2D eigenvalue weighted by Crippen LogP contribution is 2.37. The number of fused-ring (bicyclic) bond motifs is 2. The van der Waals surface area contributed by atoms with Crippen molar-refractivity contribution in [3.8, 4) is 11.3 Å². The molecular formula is C23H22N4OS2. The Morgan fingerprint density at radius 3 is 2.83 bits per heavy atom. The summed E-state index contributed by atoms with van der Waals surface area (Å²) in [5.74, 6) is 0.429. The van der Waals surface area contributed by atoms with Crippen molar-refractivity contribution in [1.82, 2.24) is 9.97 Å². The van der Waals surface area contributed by atoms with Crippen LogP contribution in [0.2, 0.25) is 0 Å². The molecule has 1 aliphatic rings. The molecule has 0 spiro atoms. The van der Waals surface area contributed by atoms with Crippen LogP contribution in [-0.2, 0) is 12.8 Å². The van der Waals surface area contributed by atoms with Gasteiger partial charge in [-0.15, -0.1) is 22.7 Å². The van der Waals surface area contributed by atoms with Crippen molar-refractivity contribution in [1.29, 1.82) is 0 Å². The van der Waals surface area contributed by atoms with Crippen LogP contribution in [0.5, 0.6) is 0 Å². The molecule has 1 atom stereocenters. The molecule has 4 aromatic rings. The summed E-state index contributed by atoms with van der Waals surface area (Å²) in [4.78, 5) is 23.6. The molecule has 0 aliphatic heterocycles. The van der Waals surface area contributed by atoms with Gasteiger partial charge in [-0.2, -0.15) is 0 Å². The van der Waals surface area contributed by atoms with Gasteiger partial charge in [-0.1, -0.05) is 36.8 Å². The Kier molecular flexibility index (Phi) is 4.79. The summed E-state index contributed by atoms with van der Waals surface area (Å²) in [6, 6.07) is 10.3. The molecule has 0 radical (unpaired) electrons. The number of nitrogen functional groups attached to an aromatic ring is 1. The first kappa shape index (κ1) is 19.2. The second kappa shape index (κ2) is 7.49. The van der Waals surface area contributed by atoms with Gasteiger partial charge in [0.2, 0.25) is 0 Å². The largest absolute Gasteiger partial charge is 0.397 e. The third-order valence-electron chi connectivity index (χ3n) is 5.61. The van der Waals surface area contributed by atoms with E-state index in [9.17, 15) is 4.79 Å². The molecule has 3 heterocycles. The van der Waals surface area contributed by atoms with E-state index in [4.69, 9.17) is 10.7 Å². The molecule has 1 amide bonds. The van der Waals surface area contributed by atoms with Crippen molar-refractivity contribution in [2.24, 2.45) is 5.92 Å². The maximum Gasteiger partial charge on any atom is 0.269 e. The molecule has 0 bridgehead atoms. The fourth-order valence-electron chi connectivity index (χ4n) is 3.88. The number of anilines is 2. The highest BCUT2D eigenvalue weighted by Gasteiger charge is 2.22. The molecule has 1 unspecified atom stereocenters. The van der Waals surface area contributed by atoms with Crippen LogP contribution in [0, 0.1) is 12.8 Å². The number of hydrogen-bond donors (Lipinski definition) is 2. The number of benzene rings is 1. The zero-order valence-electron chi connectivity index (χ0n) is 16.9. The molecule has 0 fully saturated rings. The lowest BCUT2D eigenvalue weighted by Crippen LogP contribution is -2.12. The van der Waals surface area contributed by atoms with Crippen LogP contribution in [0.15, 0.2) is 35.7 Å². The van der Waals surface area contributed by atoms with E-state index in [0.29, 0.717) is 21.6 Å². The Hall–Kier alpha value is -2.77. The van der Waals surface area contributed by atoms with Crippen molar-refractivity contribution in [3.63, 3.8) is 0 Å². The average Bonchev–Trinajstić information content (AvgIpc) is 3.32. The molecule has 0 saturated carbocycles. The number of aromatic nitrogens is 2. The molecule has 7 heteroatoms. The highest BCUT2D eigenvalue weighted by molar-refractivity contribution is 7.21. The van der Waals surface area contributed by atoms with Gasteiger partial charge in [0, 0.05) is 22.0 Å². The Labute approximate surface area is 183 Å². The predicted molar refractivity (Wildman–Crippen MR) is 125 cm³/mol. The number of amides is 1. The van der Waals surface area contributed by atoms with Crippen LogP contribution in [0.25, 0.3) is 21.5 Å². The van der Waals surface area contributed by atoms with Gasteiger partial charge in [0.05, 0.1) is 11.4 Å². The molecule has 3 aromatic heterocycles. The van der Waals surface area contributed by atoms with Crippen LogP contribution in [0.3, 0.4) is 0 Å². The van der Waals surface area contributed by atoms with Crippen molar-refractivity contribution in [3.05, 3.63) is 57.4 Å². The Morgan fingerprint density at radius 1 is 1.23 bits per heavy atom. The van der Waals surface area contributed by atoms with Crippen LogP contribution in [0.1, 0.15) is 39.8 Å². The van der Waals surface area contributed by atoms with E-state index in [1.165, 1.54) is 33.8 Å². The SMILES string of the molecule is Cc1ccc(-c2csc(NC(=O)c3sc4nc5c(cc4c3N)CC(C)CC5)n2)cc1. The number of nitrogens with one attached hydrogen (secondary N) is 1. The van der Waals surface area contributed by atoms with E-state index in [1.54, 1.807) is 0 Å². The first-order valence-electron chi connectivity index (χ1n) is 10.0. The lowest BCUT2D eigenvalue weighted by atomic mass is 9.87. The smallest absolute Gasteiger partial charge is 0.269 e. The number of thiazole rings is 1. The first-order valence-corrected chi connectivity index (χ1v) is 11.7. The van der Waals surface area contributed by atoms with Gasteiger partial charge >= 0.3 is 0 Å². The fourth-order valence-corrected chi connectivity index (χ4v) is 5.59. The molecule has 1 aliphatic carbocycles. The summed E-state index contributed by atoms with van der Waals surface area (Å²) in [7, 11) is 0. The number of pyridine rings is 1. The van der Waals surface area contributed by atoms with Gasteiger partial charge in [0.1, 0.15) is 9.71 Å². The van der Waals surface area contributed by atoms with Crippen LogP contribution in [-0.4, -0.2) is 15.9 Å². The van der Waals surface area contributed by atoms with E-state index in [1.807, 2.05) is 17.5 Å². The topological polar surface area (TPSA) is 80.9 Å². The monoisotopic (exact) mass is 434 g/mol. The Bertz CT molecular complexity index is 1260. The van der Waals surface area contributed by atoms with Gasteiger partial charge in [-0.05, 0) is 43.7 Å². The zero-order chi connectivity index (χ0) is 20.8. The minimum atomic E-state index is -0.230.